The van der Waals surface area contributed by atoms with Crippen LogP contribution in [0.4, 0.5) is 10.1 Å². The van der Waals surface area contributed by atoms with Crippen LogP contribution in [0.1, 0.15) is 18.9 Å². The average Bonchev–Trinajstić information content (AvgIpc) is 3.22. The summed E-state index contributed by atoms with van der Waals surface area (Å²) in [6, 6.07) is 19.6. The maximum absolute atomic E-state index is 13.2. The van der Waals surface area contributed by atoms with Crippen molar-refractivity contribution in [2.45, 2.75) is 30.3 Å². The Balaban J connectivity index is 1.60. The smallest absolute Gasteiger partial charge is 0.237 e. The fraction of sp³-hybridized carbons (Fsp3) is 0.167. The number of hydrogen-bond acceptors (Lipinski definition) is 5. The zero-order valence-corrected chi connectivity index (χ0v) is 18.3. The summed E-state index contributed by atoms with van der Waals surface area (Å²) in [5.41, 5.74) is 2.51. The normalized spacial score (nSPS) is 11.8. The molecule has 0 fully saturated rings. The monoisotopic (exact) mass is 447 g/mol. The molecule has 2 aromatic carbocycles. The Labute approximate surface area is 189 Å². The van der Waals surface area contributed by atoms with E-state index in [9.17, 15) is 9.18 Å². The lowest BCUT2D eigenvalue weighted by Crippen LogP contribution is -2.25. The summed E-state index contributed by atoms with van der Waals surface area (Å²) in [6.07, 6.45) is 4.06. The van der Waals surface area contributed by atoms with Crippen LogP contribution in [0.15, 0.2) is 84.3 Å². The molecular formula is C24H22FN5OS. The molecule has 2 heterocycles. The number of aromatic nitrogens is 4. The maximum atomic E-state index is 13.2. The molecule has 0 aliphatic carbocycles. The van der Waals surface area contributed by atoms with Crippen molar-refractivity contribution in [2.24, 2.45) is 0 Å². The van der Waals surface area contributed by atoms with E-state index in [0.717, 1.165) is 11.1 Å². The van der Waals surface area contributed by atoms with Crippen LogP contribution in [0.25, 0.3) is 11.4 Å². The Bertz CT molecular complexity index is 1170. The highest BCUT2D eigenvalue weighted by molar-refractivity contribution is 8.00. The molecule has 0 aliphatic rings. The van der Waals surface area contributed by atoms with E-state index in [-0.39, 0.29) is 17.0 Å². The Morgan fingerprint density at radius 3 is 2.53 bits per heavy atom. The average molecular weight is 448 g/mol. The molecule has 0 bridgehead atoms. The molecule has 0 saturated carbocycles. The van der Waals surface area contributed by atoms with Crippen molar-refractivity contribution in [1.82, 2.24) is 19.7 Å². The number of hydrogen-bond donors (Lipinski definition) is 1. The molecule has 162 valence electrons. The molecule has 1 N–H and O–H groups in total. The first kappa shape index (κ1) is 21.7. The third-order valence-corrected chi connectivity index (χ3v) is 6.19. The van der Waals surface area contributed by atoms with Crippen molar-refractivity contribution in [3.8, 4) is 11.4 Å². The highest BCUT2D eigenvalue weighted by atomic mass is 32.2. The molecule has 4 rings (SSSR count). The van der Waals surface area contributed by atoms with Gasteiger partial charge in [-0.3, -0.25) is 14.3 Å². The number of halogens is 1. The Morgan fingerprint density at radius 1 is 1.06 bits per heavy atom. The van der Waals surface area contributed by atoms with Gasteiger partial charge in [0.15, 0.2) is 11.0 Å². The van der Waals surface area contributed by atoms with Crippen molar-refractivity contribution in [3.63, 3.8) is 0 Å². The standard InChI is InChI=1S/C24H22FN5OS/c1-2-21(23(31)27-20-12-10-19(25)11-13-20)32-24-29-28-22(18-9-6-14-26-15-18)30(24)16-17-7-4-3-5-8-17/h3-15,21H,2,16H2,1H3,(H,27,31). The first-order valence-electron chi connectivity index (χ1n) is 10.2. The number of thioether (sulfide) groups is 1. The first-order chi connectivity index (χ1) is 15.6. The number of benzene rings is 2. The van der Waals surface area contributed by atoms with Gasteiger partial charge in [0.25, 0.3) is 0 Å². The van der Waals surface area contributed by atoms with E-state index < -0.39 is 0 Å². The quantitative estimate of drug-likeness (QED) is 0.383. The maximum Gasteiger partial charge on any atom is 0.237 e. The minimum atomic E-state index is -0.388. The number of carbonyl (C=O) groups is 1. The summed E-state index contributed by atoms with van der Waals surface area (Å²) in [5, 5.41) is 11.9. The fourth-order valence-corrected chi connectivity index (χ4v) is 4.15. The van der Waals surface area contributed by atoms with E-state index in [1.807, 2.05) is 54.0 Å². The van der Waals surface area contributed by atoms with Gasteiger partial charge in [0.05, 0.1) is 11.8 Å². The van der Waals surface area contributed by atoms with E-state index >= 15 is 0 Å². The fourth-order valence-electron chi connectivity index (χ4n) is 3.20. The predicted octanol–water partition coefficient (Wildman–Crippen LogP) is 5.04. The van der Waals surface area contributed by atoms with E-state index in [1.165, 1.54) is 23.9 Å². The molecule has 2 aromatic heterocycles. The lowest BCUT2D eigenvalue weighted by molar-refractivity contribution is -0.115. The highest BCUT2D eigenvalue weighted by Gasteiger charge is 2.23. The summed E-state index contributed by atoms with van der Waals surface area (Å²) in [7, 11) is 0. The lowest BCUT2D eigenvalue weighted by Gasteiger charge is -2.16. The van der Waals surface area contributed by atoms with Gasteiger partial charge in [0.1, 0.15) is 5.82 Å². The number of rotatable bonds is 8. The van der Waals surface area contributed by atoms with Gasteiger partial charge in [-0.1, -0.05) is 49.0 Å². The minimum Gasteiger partial charge on any atom is -0.325 e. The van der Waals surface area contributed by atoms with Crippen LogP contribution in [-0.4, -0.2) is 30.9 Å². The lowest BCUT2D eigenvalue weighted by atomic mass is 10.2. The SMILES string of the molecule is CCC(Sc1nnc(-c2cccnc2)n1Cc1ccccc1)C(=O)Nc1ccc(F)cc1. The zero-order valence-electron chi connectivity index (χ0n) is 17.5. The van der Waals surface area contributed by atoms with E-state index in [0.29, 0.717) is 29.6 Å². The van der Waals surface area contributed by atoms with Gasteiger partial charge in [-0.25, -0.2) is 4.39 Å². The number of amides is 1. The molecule has 0 saturated heterocycles. The van der Waals surface area contributed by atoms with Crippen LogP contribution in [0.3, 0.4) is 0 Å². The van der Waals surface area contributed by atoms with Crippen LogP contribution in [0.5, 0.6) is 0 Å². The van der Waals surface area contributed by atoms with Crippen molar-refractivity contribution >= 4 is 23.4 Å². The van der Waals surface area contributed by atoms with Crippen LogP contribution < -0.4 is 5.32 Å². The summed E-state index contributed by atoms with van der Waals surface area (Å²) in [5.74, 6) is 0.181. The molecule has 8 heteroatoms. The van der Waals surface area contributed by atoms with Gasteiger partial charge in [0, 0.05) is 23.6 Å². The second kappa shape index (κ2) is 10.2. The van der Waals surface area contributed by atoms with Crippen LogP contribution in [0.2, 0.25) is 0 Å². The van der Waals surface area contributed by atoms with Gasteiger partial charge in [-0.2, -0.15) is 0 Å². The van der Waals surface area contributed by atoms with Crippen molar-refractivity contribution < 1.29 is 9.18 Å². The van der Waals surface area contributed by atoms with Gasteiger partial charge in [-0.15, -0.1) is 10.2 Å². The number of nitrogens with zero attached hydrogens (tertiary/aromatic N) is 4. The third kappa shape index (κ3) is 5.20. The molecule has 1 unspecified atom stereocenters. The molecule has 1 amide bonds. The second-order valence-electron chi connectivity index (χ2n) is 7.13. The van der Waals surface area contributed by atoms with Crippen LogP contribution in [-0.2, 0) is 11.3 Å². The largest absolute Gasteiger partial charge is 0.325 e. The summed E-state index contributed by atoms with van der Waals surface area (Å²) < 4.78 is 15.2. The number of nitrogens with one attached hydrogen (secondary N) is 1. The topological polar surface area (TPSA) is 72.7 Å². The minimum absolute atomic E-state index is 0.165. The van der Waals surface area contributed by atoms with Crippen molar-refractivity contribution in [3.05, 3.63) is 90.5 Å². The van der Waals surface area contributed by atoms with Crippen molar-refractivity contribution in [1.29, 1.82) is 0 Å². The predicted molar refractivity (Wildman–Crippen MR) is 124 cm³/mol. The summed E-state index contributed by atoms with van der Waals surface area (Å²) in [4.78, 5) is 17.1. The Kier molecular flexibility index (Phi) is 6.91. The number of carbonyl (C=O) groups excluding carboxylic acids is 1. The molecule has 1 atom stereocenters. The molecular weight excluding hydrogens is 425 g/mol. The molecule has 4 aromatic rings. The van der Waals surface area contributed by atoms with Crippen LogP contribution >= 0.6 is 11.8 Å². The van der Waals surface area contributed by atoms with Gasteiger partial charge < -0.3 is 5.32 Å². The Morgan fingerprint density at radius 2 is 1.84 bits per heavy atom. The first-order valence-corrected chi connectivity index (χ1v) is 11.1. The highest BCUT2D eigenvalue weighted by Crippen LogP contribution is 2.29. The van der Waals surface area contributed by atoms with Crippen molar-refractivity contribution in [2.75, 3.05) is 5.32 Å². The Hall–Kier alpha value is -3.52. The van der Waals surface area contributed by atoms with E-state index in [2.05, 4.69) is 20.5 Å². The van der Waals surface area contributed by atoms with Crippen LogP contribution in [0, 0.1) is 5.82 Å². The molecule has 6 nitrogen and oxygen atoms in total. The molecule has 32 heavy (non-hydrogen) atoms. The zero-order chi connectivity index (χ0) is 22.3. The van der Waals surface area contributed by atoms with Gasteiger partial charge >= 0.3 is 0 Å². The van der Waals surface area contributed by atoms with E-state index in [1.54, 1.807) is 24.5 Å². The molecule has 0 radical (unpaired) electrons. The molecule has 0 aliphatic heterocycles. The number of pyridine rings is 1. The molecule has 0 spiro atoms. The second-order valence-corrected chi connectivity index (χ2v) is 8.30. The van der Waals surface area contributed by atoms with E-state index in [4.69, 9.17) is 0 Å². The van der Waals surface area contributed by atoms with Gasteiger partial charge in [0.2, 0.25) is 5.91 Å². The van der Waals surface area contributed by atoms with Gasteiger partial charge in [-0.05, 0) is 48.4 Å². The third-order valence-electron chi connectivity index (χ3n) is 4.84. The number of anilines is 1. The summed E-state index contributed by atoms with van der Waals surface area (Å²) >= 11 is 1.36. The summed E-state index contributed by atoms with van der Waals surface area (Å²) in [6.45, 7) is 2.51.